The van der Waals surface area contributed by atoms with Gasteiger partial charge in [0.1, 0.15) is 11.6 Å². The average Bonchev–Trinajstić information content (AvgIpc) is 2.99. The molecular weight excluding hydrogens is 499 g/mol. The SMILES string of the molecule is CCc1ccc(C(C)(C)CNC(=NC)NCCCc2nnc3n2CCCCC3)cc1.I. The molecule has 0 atom stereocenters. The van der Waals surface area contributed by atoms with Crippen molar-refractivity contribution in [1.82, 2.24) is 25.4 Å². The van der Waals surface area contributed by atoms with Crippen LogP contribution in [0.1, 0.15) is 69.2 Å². The Hall–Kier alpha value is -1.64. The Balaban J connectivity index is 0.00000341. The molecule has 1 aliphatic heterocycles. The topological polar surface area (TPSA) is 67.1 Å². The van der Waals surface area contributed by atoms with Gasteiger partial charge in [0.25, 0.3) is 0 Å². The van der Waals surface area contributed by atoms with Gasteiger partial charge in [-0.1, -0.05) is 51.5 Å². The lowest BCUT2D eigenvalue weighted by Crippen LogP contribution is -2.43. The Morgan fingerprint density at radius 3 is 2.58 bits per heavy atom. The fraction of sp³-hybridized carbons (Fsp3) is 0.625. The van der Waals surface area contributed by atoms with Crippen molar-refractivity contribution in [2.75, 3.05) is 20.1 Å². The first-order chi connectivity index (χ1) is 14.5. The maximum absolute atomic E-state index is 4.43. The number of fused-ring (bicyclic) bond motifs is 1. The highest BCUT2D eigenvalue weighted by molar-refractivity contribution is 14.0. The van der Waals surface area contributed by atoms with Crippen molar-refractivity contribution in [3.63, 3.8) is 0 Å². The largest absolute Gasteiger partial charge is 0.356 e. The highest BCUT2D eigenvalue weighted by Gasteiger charge is 2.21. The molecule has 0 bridgehead atoms. The number of aliphatic imine (C=N–C) groups is 1. The van der Waals surface area contributed by atoms with Crippen LogP contribution in [0.25, 0.3) is 0 Å². The zero-order chi connectivity index (χ0) is 21.4. The molecule has 172 valence electrons. The molecule has 3 rings (SSSR count). The smallest absolute Gasteiger partial charge is 0.191 e. The van der Waals surface area contributed by atoms with E-state index in [0.29, 0.717) is 0 Å². The number of aryl methyl sites for hydroxylation is 3. The van der Waals surface area contributed by atoms with Crippen molar-refractivity contribution in [3.8, 4) is 0 Å². The van der Waals surface area contributed by atoms with Crippen molar-refractivity contribution in [1.29, 1.82) is 0 Å². The normalized spacial score (nSPS) is 14.4. The summed E-state index contributed by atoms with van der Waals surface area (Å²) in [5.41, 5.74) is 2.75. The second-order valence-corrected chi connectivity index (χ2v) is 8.89. The molecule has 0 aliphatic carbocycles. The lowest BCUT2D eigenvalue weighted by Gasteiger charge is -2.27. The molecule has 1 aromatic heterocycles. The number of hydrogen-bond donors (Lipinski definition) is 2. The van der Waals surface area contributed by atoms with E-state index in [9.17, 15) is 0 Å². The molecule has 1 aromatic carbocycles. The van der Waals surface area contributed by atoms with Crippen LogP contribution in [0, 0.1) is 0 Å². The van der Waals surface area contributed by atoms with E-state index in [1.165, 1.54) is 36.2 Å². The quantitative estimate of drug-likeness (QED) is 0.228. The predicted molar refractivity (Wildman–Crippen MR) is 140 cm³/mol. The summed E-state index contributed by atoms with van der Waals surface area (Å²) in [4.78, 5) is 4.39. The van der Waals surface area contributed by atoms with Gasteiger partial charge in [-0.05, 0) is 36.8 Å². The summed E-state index contributed by atoms with van der Waals surface area (Å²) in [6.45, 7) is 9.50. The van der Waals surface area contributed by atoms with E-state index in [0.717, 1.165) is 57.1 Å². The van der Waals surface area contributed by atoms with Gasteiger partial charge in [-0.15, -0.1) is 34.2 Å². The van der Waals surface area contributed by atoms with Gasteiger partial charge in [-0.25, -0.2) is 0 Å². The molecule has 2 aromatic rings. The van der Waals surface area contributed by atoms with Crippen LogP contribution < -0.4 is 10.6 Å². The fourth-order valence-electron chi connectivity index (χ4n) is 4.00. The monoisotopic (exact) mass is 538 g/mol. The Morgan fingerprint density at radius 1 is 1.10 bits per heavy atom. The predicted octanol–water partition coefficient (Wildman–Crippen LogP) is 4.26. The first-order valence-corrected chi connectivity index (χ1v) is 11.5. The molecule has 2 heterocycles. The maximum atomic E-state index is 4.43. The van der Waals surface area contributed by atoms with Crippen LogP contribution >= 0.6 is 24.0 Å². The van der Waals surface area contributed by atoms with Gasteiger partial charge in [0.2, 0.25) is 0 Å². The number of guanidine groups is 1. The van der Waals surface area contributed by atoms with Crippen molar-refractivity contribution >= 4 is 29.9 Å². The minimum absolute atomic E-state index is 0. The zero-order valence-electron chi connectivity index (χ0n) is 19.6. The molecule has 0 amide bonds. The van der Waals surface area contributed by atoms with Crippen molar-refractivity contribution in [3.05, 3.63) is 47.0 Å². The molecule has 2 N–H and O–H groups in total. The third kappa shape index (κ3) is 7.19. The van der Waals surface area contributed by atoms with E-state index in [-0.39, 0.29) is 29.4 Å². The van der Waals surface area contributed by atoms with Gasteiger partial charge in [0.15, 0.2) is 5.96 Å². The van der Waals surface area contributed by atoms with Gasteiger partial charge in [-0.3, -0.25) is 4.99 Å². The molecule has 7 heteroatoms. The van der Waals surface area contributed by atoms with Crippen molar-refractivity contribution in [2.24, 2.45) is 4.99 Å². The summed E-state index contributed by atoms with van der Waals surface area (Å²) in [6.07, 6.45) is 7.88. The molecule has 0 unspecified atom stereocenters. The van der Waals surface area contributed by atoms with Crippen molar-refractivity contribution in [2.45, 2.75) is 77.7 Å². The van der Waals surface area contributed by atoms with Gasteiger partial charge in [-0.2, -0.15) is 0 Å². The molecule has 0 saturated heterocycles. The second kappa shape index (κ2) is 12.4. The van der Waals surface area contributed by atoms with Crippen molar-refractivity contribution < 1.29 is 0 Å². The third-order valence-corrected chi connectivity index (χ3v) is 6.12. The molecule has 6 nitrogen and oxygen atoms in total. The van der Waals surface area contributed by atoms with Crippen LogP contribution in [0.15, 0.2) is 29.3 Å². The Morgan fingerprint density at radius 2 is 1.87 bits per heavy atom. The molecule has 0 fully saturated rings. The van der Waals surface area contributed by atoms with E-state index in [1.807, 2.05) is 7.05 Å². The van der Waals surface area contributed by atoms with Crippen LogP contribution in [0.3, 0.4) is 0 Å². The second-order valence-electron chi connectivity index (χ2n) is 8.89. The summed E-state index contributed by atoms with van der Waals surface area (Å²) < 4.78 is 2.34. The number of rotatable bonds is 8. The van der Waals surface area contributed by atoms with E-state index in [2.05, 4.69) is 75.4 Å². The van der Waals surface area contributed by atoms with E-state index in [4.69, 9.17) is 0 Å². The van der Waals surface area contributed by atoms with Crippen LogP contribution in [0.5, 0.6) is 0 Å². The Kier molecular flexibility index (Phi) is 10.3. The van der Waals surface area contributed by atoms with Gasteiger partial charge in [0.05, 0.1) is 0 Å². The van der Waals surface area contributed by atoms with E-state index < -0.39 is 0 Å². The average molecular weight is 539 g/mol. The van der Waals surface area contributed by atoms with Gasteiger partial charge < -0.3 is 15.2 Å². The first kappa shape index (κ1) is 25.6. The number of benzene rings is 1. The van der Waals surface area contributed by atoms with E-state index in [1.54, 1.807) is 0 Å². The Labute approximate surface area is 204 Å². The molecule has 0 radical (unpaired) electrons. The number of nitrogens with one attached hydrogen (secondary N) is 2. The van der Waals surface area contributed by atoms with Crippen LogP contribution in [0.4, 0.5) is 0 Å². The minimum Gasteiger partial charge on any atom is -0.356 e. The third-order valence-electron chi connectivity index (χ3n) is 6.12. The number of aromatic nitrogens is 3. The van der Waals surface area contributed by atoms with E-state index >= 15 is 0 Å². The zero-order valence-corrected chi connectivity index (χ0v) is 21.9. The highest BCUT2D eigenvalue weighted by Crippen LogP contribution is 2.22. The molecule has 1 aliphatic rings. The first-order valence-electron chi connectivity index (χ1n) is 11.5. The summed E-state index contributed by atoms with van der Waals surface area (Å²) >= 11 is 0. The molecule has 31 heavy (non-hydrogen) atoms. The maximum Gasteiger partial charge on any atom is 0.191 e. The Bertz CT molecular complexity index is 825. The number of halogens is 1. The molecule has 0 spiro atoms. The van der Waals surface area contributed by atoms with Gasteiger partial charge >= 0.3 is 0 Å². The molecular formula is C24H39IN6. The molecule has 0 saturated carbocycles. The summed E-state index contributed by atoms with van der Waals surface area (Å²) in [5.74, 6) is 3.16. The van der Waals surface area contributed by atoms with Crippen LogP contribution in [-0.2, 0) is 31.2 Å². The van der Waals surface area contributed by atoms with Crippen LogP contribution in [0.2, 0.25) is 0 Å². The van der Waals surface area contributed by atoms with Crippen LogP contribution in [-0.4, -0.2) is 40.9 Å². The summed E-state index contributed by atoms with van der Waals surface area (Å²) in [7, 11) is 1.83. The lowest BCUT2D eigenvalue weighted by atomic mass is 9.84. The lowest BCUT2D eigenvalue weighted by molar-refractivity contribution is 0.508. The number of nitrogens with zero attached hydrogens (tertiary/aromatic N) is 4. The summed E-state index contributed by atoms with van der Waals surface area (Å²) in [6, 6.07) is 8.96. The number of hydrogen-bond acceptors (Lipinski definition) is 3. The summed E-state index contributed by atoms with van der Waals surface area (Å²) in [5, 5.41) is 15.8. The van der Waals surface area contributed by atoms with Gasteiger partial charge in [0, 0.05) is 44.9 Å². The fourth-order valence-corrected chi connectivity index (χ4v) is 4.00. The highest BCUT2D eigenvalue weighted by atomic mass is 127. The standard InChI is InChI=1S/C24H38N6.HI/c1-5-19-12-14-20(15-13-19)24(2,3)18-27-23(25-4)26-16-9-11-22-29-28-21-10-7-6-8-17-30(21)22;/h12-15H,5-11,16-18H2,1-4H3,(H2,25,26,27);1H. The minimum atomic E-state index is 0.